The van der Waals surface area contributed by atoms with E-state index in [1.165, 1.54) is 0 Å². The van der Waals surface area contributed by atoms with Crippen LogP contribution in [0.5, 0.6) is 11.5 Å². The highest BCUT2D eigenvalue weighted by Crippen LogP contribution is 2.40. The number of fused-ring (bicyclic) bond motifs is 1. The molecule has 26 heavy (non-hydrogen) atoms. The molecule has 0 atom stereocenters. The van der Waals surface area contributed by atoms with E-state index in [0.717, 1.165) is 26.6 Å². The number of aryl methyl sites for hydroxylation is 1. The fourth-order valence-electron chi connectivity index (χ4n) is 2.61. The molecule has 0 saturated heterocycles. The Morgan fingerprint density at radius 2 is 1.62 bits per heavy atom. The lowest BCUT2D eigenvalue weighted by Crippen LogP contribution is -1.95. The number of nitrogens with one attached hydrogen (secondary N) is 1. The minimum absolute atomic E-state index is 0.553. The minimum atomic E-state index is 0.553. The Balaban J connectivity index is 1.81. The number of hydrogen-bond acceptors (Lipinski definition) is 4. The van der Waals surface area contributed by atoms with E-state index in [2.05, 4.69) is 10.3 Å². The van der Waals surface area contributed by atoms with Gasteiger partial charge >= 0.3 is 0 Å². The molecule has 4 rings (SSSR count). The molecule has 4 aromatic rings. The summed E-state index contributed by atoms with van der Waals surface area (Å²) in [5.41, 5.74) is 2.48. The van der Waals surface area contributed by atoms with Crippen molar-refractivity contribution in [1.29, 1.82) is 0 Å². The maximum absolute atomic E-state index is 6.30. The summed E-state index contributed by atoms with van der Waals surface area (Å²) in [5.74, 6) is 1.26. The van der Waals surface area contributed by atoms with Gasteiger partial charge in [-0.1, -0.05) is 47.5 Å². The number of anilines is 2. The number of hydrogen-bond donors (Lipinski definition) is 1. The van der Waals surface area contributed by atoms with E-state index < -0.39 is 0 Å². The number of benzene rings is 3. The largest absolute Gasteiger partial charge is 0.454 e. The molecule has 3 nitrogen and oxygen atoms in total. The van der Waals surface area contributed by atoms with E-state index in [4.69, 9.17) is 27.9 Å². The van der Waals surface area contributed by atoms with Crippen molar-refractivity contribution >= 4 is 56.1 Å². The molecule has 0 aliphatic carbocycles. The monoisotopic (exact) mass is 400 g/mol. The zero-order valence-corrected chi connectivity index (χ0v) is 16.1. The van der Waals surface area contributed by atoms with Gasteiger partial charge in [0.2, 0.25) is 0 Å². The molecule has 1 N–H and O–H groups in total. The highest BCUT2D eigenvalue weighted by atomic mass is 35.5. The Morgan fingerprint density at radius 3 is 2.38 bits per heavy atom. The lowest BCUT2D eigenvalue weighted by molar-refractivity contribution is 0.486. The van der Waals surface area contributed by atoms with Crippen molar-refractivity contribution in [2.45, 2.75) is 6.92 Å². The van der Waals surface area contributed by atoms with Crippen LogP contribution in [-0.2, 0) is 0 Å². The number of halogens is 2. The molecule has 1 aromatic heterocycles. The fraction of sp³-hybridized carbons (Fsp3) is 0.0500. The lowest BCUT2D eigenvalue weighted by atomic mass is 10.2. The summed E-state index contributed by atoms with van der Waals surface area (Å²) in [4.78, 5) is 4.57. The Morgan fingerprint density at radius 1 is 0.885 bits per heavy atom. The summed E-state index contributed by atoms with van der Waals surface area (Å²) in [6.07, 6.45) is 0. The predicted molar refractivity (Wildman–Crippen MR) is 111 cm³/mol. The maximum atomic E-state index is 6.30. The molecular formula is C20H14Cl2N2OS. The molecule has 0 unspecified atom stereocenters. The van der Waals surface area contributed by atoms with Gasteiger partial charge in [0.05, 0.1) is 36.6 Å². The van der Waals surface area contributed by atoms with E-state index in [9.17, 15) is 0 Å². The van der Waals surface area contributed by atoms with Crippen LogP contribution in [0.25, 0.3) is 10.2 Å². The summed E-state index contributed by atoms with van der Waals surface area (Å²) in [5, 5.41) is 5.53. The van der Waals surface area contributed by atoms with Crippen molar-refractivity contribution < 1.29 is 4.74 Å². The molecule has 0 fully saturated rings. The summed E-state index contributed by atoms with van der Waals surface area (Å²) in [6.45, 7) is 1.99. The topological polar surface area (TPSA) is 34.2 Å². The summed E-state index contributed by atoms with van der Waals surface area (Å²) in [7, 11) is 0. The van der Waals surface area contributed by atoms with Crippen LogP contribution in [0.15, 0.2) is 60.7 Å². The highest BCUT2D eigenvalue weighted by Gasteiger charge is 2.13. The quantitative estimate of drug-likeness (QED) is 0.386. The van der Waals surface area contributed by atoms with Gasteiger partial charge in [0.25, 0.3) is 0 Å². The molecule has 6 heteroatoms. The van der Waals surface area contributed by atoms with Crippen LogP contribution in [-0.4, -0.2) is 4.98 Å². The van der Waals surface area contributed by atoms with Crippen LogP contribution in [0, 0.1) is 6.92 Å². The molecular weight excluding hydrogens is 387 g/mol. The Bertz CT molecular complexity index is 1010. The van der Waals surface area contributed by atoms with Gasteiger partial charge in [-0.15, -0.1) is 11.3 Å². The van der Waals surface area contributed by atoms with Gasteiger partial charge in [-0.25, -0.2) is 4.98 Å². The van der Waals surface area contributed by atoms with Gasteiger partial charge in [0, 0.05) is 6.07 Å². The number of aromatic nitrogens is 1. The summed E-state index contributed by atoms with van der Waals surface area (Å²) < 4.78 is 7.16. The summed E-state index contributed by atoms with van der Waals surface area (Å²) in [6, 6.07) is 18.9. The number of para-hydroxylation sites is 2. The zero-order chi connectivity index (χ0) is 18.1. The smallest absolute Gasteiger partial charge is 0.152 e. The minimum Gasteiger partial charge on any atom is -0.454 e. The zero-order valence-electron chi connectivity index (χ0n) is 13.8. The summed E-state index contributed by atoms with van der Waals surface area (Å²) >= 11 is 14.2. The van der Waals surface area contributed by atoms with Crippen LogP contribution in [0.2, 0.25) is 10.0 Å². The normalized spacial score (nSPS) is 10.9. The van der Waals surface area contributed by atoms with E-state index in [-0.39, 0.29) is 0 Å². The molecule has 0 aliphatic heterocycles. The van der Waals surface area contributed by atoms with Crippen molar-refractivity contribution in [3.8, 4) is 11.5 Å². The standard InChI is InChI=1S/C20H14Cl2N2OS/c1-12-23-17-10-16(24-15-8-4-2-6-13(15)21)19(11-20(17)26-12)25-18-9-5-3-7-14(18)22/h2-11,24H,1H3. The fourth-order valence-corrected chi connectivity index (χ4v) is 3.80. The lowest BCUT2D eigenvalue weighted by Gasteiger charge is -2.15. The second-order valence-corrected chi connectivity index (χ2v) is 7.74. The van der Waals surface area contributed by atoms with E-state index in [0.29, 0.717) is 21.5 Å². The average molecular weight is 401 g/mol. The number of ether oxygens (including phenoxy) is 1. The number of nitrogens with zero attached hydrogens (tertiary/aromatic N) is 1. The van der Waals surface area contributed by atoms with Gasteiger partial charge in [-0.2, -0.15) is 0 Å². The van der Waals surface area contributed by atoms with Gasteiger partial charge in [-0.05, 0) is 37.3 Å². The molecule has 0 spiro atoms. The van der Waals surface area contributed by atoms with Gasteiger partial charge in [0.15, 0.2) is 5.75 Å². The first-order chi connectivity index (χ1) is 12.6. The Kier molecular flexibility index (Phi) is 4.72. The third-order valence-corrected chi connectivity index (χ3v) is 5.37. The maximum Gasteiger partial charge on any atom is 0.152 e. The number of rotatable bonds is 4. The van der Waals surface area contributed by atoms with Crippen LogP contribution in [0.4, 0.5) is 11.4 Å². The molecule has 0 radical (unpaired) electrons. The van der Waals surface area contributed by atoms with E-state index in [1.807, 2.05) is 61.5 Å². The predicted octanol–water partition coefficient (Wildman–Crippen LogP) is 7.45. The first-order valence-electron chi connectivity index (χ1n) is 7.95. The average Bonchev–Trinajstić information content (AvgIpc) is 2.98. The van der Waals surface area contributed by atoms with Crippen LogP contribution < -0.4 is 10.1 Å². The first kappa shape index (κ1) is 17.2. The van der Waals surface area contributed by atoms with Crippen molar-refractivity contribution in [2.75, 3.05) is 5.32 Å². The molecule has 3 aromatic carbocycles. The van der Waals surface area contributed by atoms with E-state index in [1.54, 1.807) is 17.4 Å². The van der Waals surface area contributed by atoms with Crippen LogP contribution in [0.1, 0.15) is 5.01 Å². The second-order valence-electron chi connectivity index (χ2n) is 5.69. The molecule has 0 aliphatic rings. The first-order valence-corrected chi connectivity index (χ1v) is 9.52. The van der Waals surface area contributed by atoms with Gasteiger partial charge in [0.1, 0.15) is 5.75 Å². The Labute approximate surface area is 165 Å². The molecule has 130 valence electrons. The van der Waals surface area contributed by atoms with Crippen LogP contribution in [0.3, 0.4) is 0 Å². The van der Waals surface area contributed by atoms with Crippen molar-refractivity contribution in [3.05, 3.63) is 75.7 Å². The van der Waals surface area contributed by atoms with Crippen LogP contribution >= 0.6 is 34.5 Å². The van der Waals surface area contributed by atoms with Gasteiger partial charge in [-0.3, -0.25) is 0 Å². The van der Waals surface area contributed by atoms with Gasteiger partial charge < -0.3 is 10.1 Å². The second kappa shape index (κ2) is 7.16. The van der Waals surface area contributed by atoms with Crippen molar-refractivity contribution in [1.82, 2.24) is 4.98 Å². The van der Waals surface area contributed by atoms with Crippen molar-refractivity contribution in [2.24, 2.45) is 0 Å². The van der Waals surface area contributed by atoms with Crippen molar-refractivity contribution in [3.63, 3.8) is 0 Å². The number of thiazole rings is 1. The molecule has 0 amide bonds. The third-order valence-electron chi connectivity index (χ3n) is 3.80. The van der Waals surface area contributed by atoms with E-state index >= 15 is 0 Å². The molecule has 1 heterocycles. The third kappa shape index (κ3) is 3.49. The highest BCUT2D eigenvalue weighted by molar-refractivity contribution is 7.18. The SMILES string of the molecule is Cc1nc2cc(Nc3ccccc3Cl)c(Oc3ccccc3Cl)cc2s1. The Hall–Kier alpha value is -2.27. The molecule has 0 saturated carbocycles. The molecule has 0 bridgehead atoms.